The van der Waals surface area contributed by atoms with E-state index < -0.39 is 0 Å². The molecule has 0 amide bonds. The van der Waals surface area contributed by atoms with Crippen molar-refractivity contribution in [2.24, 2.45) is 11.0 Å². The van der Waals surface area contributed by atoms with Gasteiger partial charge in [-0.1, -0.05) is 23.3 Å². The molecule has 2 aliphatic heterocycles. The lowest BCUT2D eigenvalue weighted by Crippen LogP contribution is -2.40. The van der Waals surface area contributed by atoms with Crippen molar-refractivity contribution in [1.82, 2.24) is 0 Å². The Hall–Kier alpha value is -2.10. The van der Waals surface area contributed by atoms with Gasteiger partial charge in [-0.25, -0.2) is 9.80 Å². The number of nitrogens with zero attached hydrogens (tertiary/aromatic N) is 2. The summed E-state index contributed by atoms with van der Waals surface area (Å²) in [5.74, 6) is -0.222. The lowest BCUT2D eigenvalue weighted by molar-refractivity contribution is -0.145. The number of aryl methyl sites for hydroxylation is 1. The molecule has 0 saturated heterocycles. The fraction of sp³-hybridized carbons (Fsp3) is 0.333. The standard InChI is InChI=1S/C15H16N2O2/c1-9-4-6-12(7-5-9)17-15-14(11(3)16-17)10(2)8-13(18)19-15/h4-8,14-15H,1-3H3. The summed E-state index contributed by atoms with van der Waals surface area (Å²) in [6.45, 7) is 5.97. The molecule has 0 radical (unpaired) electrons. The second-order valence-electron chi connectivity index (χ2n) is 5.11. The van der Waals surface area contributed by atoms with E-state index in [2.05, 4.69) is 5.10 Å². The molecule has 0 spiro atoms. The van der Waals surface area contributed by atoms with E-state index in [4.69, 9.17) is 4.74 Å². The van der Waals surface area contributed by atoms with Crippen LogP contribution in [0.2, 0.25) is 0 Å². The van der Waals surface area contributed by atoms with Crippen LogP contribution in [0.1, 0.15) is 19.4 Å². The van der Waals surface area contributed by atoms with Gasteiger partial charge in [0, 0.05) is 11.8 Å². The third kappa shape index (κ3) is 1.93. The molecule has 0 bridgehead atoms. The number of hydrogen-bond acceptors (Lipinski definition) is 4. The van der Waals surface area contributed by atoms with Crippen LogP contribution in [0.15, 0.2) is 41.0 Å². The van der Waals surface area contributed by atoms with Crippen LogP contribution in [0, 0.1) is 12.8 Å². The van der Waals surface area contributed by atoms with E-state index in [1.54, 1.807) is 11.1 Å². The second-order valence-corrected chi connectivity index (χ2v) is 5.11. The van der Waals surface area contributed by atoms with Gasteiger partial charge in [-0.15, -0.1) is 0 Å². The SMILES string of the molecule is CC1=CC(=O)OC2C1C(C)=NN2c1ccc(C)cc1. The third-order valence-corrected chi connectivity index (χ3v) is 3.61. The zero-order valence-electron chi connectivity index (χ0n) is 11.3. The molecule has 4 heteroatoms. The summed E-state index contributed by atoms with van der Waals surface area (Å²) in [7, 11) is 0. The molecule has 2 atom stereocenters. The molecule has 3 rings (SSSR count). The van der Waals surface area contributed by atoms with Crippen molar-refractivity contribution in [3.63, 3.8) is 0 Å². The molecular weight excluding hydrogens is 240 g/mol. The third-order valence-electron chi connectivity index (χ3n) is 3.61. The van der Waals surface area contributed by atoms with Gasteiger partial charge in [0.2, 0.25) is 6.23 Å². The highest BCUT2D eigenvalue weighted by atomic mass is 16.6. The van der Waals surface area contributed by atoms with Crippen LogP contribution in [0.5, 0.6) is 0 Å². The van der Waals surface area contributed by atoms with Gasteiger partial charge in [-0.3, -0.25) is 0 Å². The number of carbonyl (C=O) groups is 1. The number of ether oxygens (including phenoxy) is 1. The van der Waals surface area contributed by atoms with Crippen LogP contribution in [0.3, 0.4) is 0 Å². The predicted molar refractivity (Wildman–Crippen MR) is 73.9 cm³/mol. The topological polar surface area (TPSA) is 41.9 Å². The average Bonchev–Trinajstić information content (AvgIpc) is 2.67. The minimum absolute atomic E-state index is 0.0685. The maximum atomic E-state index is 11.6. The number of fused-ring (bicyclic) bond motifs is 1. The molecule has 1 aromatic carbocycles. The number of hydrazone groups is 1. The summed E-state index contributed by atoms with van der Waals surface area (Å²) in [5, 5.41) is 6.35. The van der Waals surface area contributed by atoms with Gasteiger partial charge in [-0.2, -0.15) is 5.10 Å². The van der Waals surface area contributed by atoms with Gasteiger partial charge >= 0.3 is 5.97 Å². The number of hydrogen-bond donors (Lipinski definition) is 0. The normalized spacial score (nSPS) is 25.6. The number of rotatable bonds is 1. The zero-order chi connectivity index (χ0) is 13.6. The van der Waals surface area contributed by atoms with Crippen molar-refractivity contribution in [3.05, 3.63) is 41.5 Å². The van der Waals surface area contributed by atoms with Crippen molar-refractivity contribution in [3.8, 4) is 0 Å². The van der Waals surface area contributed by atoms with E-state index >= 15 is 0 Å². The molecule has 0 fully saturated rings. The van der Waals surface area contributed by atoms with E-state index in [1.807, 2.05) is 45.0 Å². The van der Waals surface area contributed by atoms with Crippen molar-refractivity contribution in [1.29, 1.82) is 0 Å². The van der Waals surface area contributed by atoms with Crippen LogP contribution < -0.4 is 5.01 Å². The summed E-state index contributed by atoms with van der Waals surface area (Å²) in [6.07, 6.45) is 1.21. The molecule has 0 aliphatic carbocycles. The van der Waals surface area contributed by atoms with Gasteiger partial charge in [0.25, 0.3) is 0 Å². The number of esters is 1. The molecule has 0 saturated carbocycles. The lowest BCUT2D eigenvalue weighted by atomic mass is 9.93. The molecule has 2 aliphatic rings. The molecular formula is C15H16N2O2. The zero-order valence-corrected chi connectivity index (χ0v) is 11.3. The summed E-state index contributed by atoms with van der Waals surface area (Å²) < 4.78 is 5.44. The van der Waals surface area contributed by atoms with Crippen LogP contribution in [0.25, 0.3) is 0 Å². The first-order chi connectivity index (χ1) is 9.06. The Bertz CT molecular complexity index is 587. The monoisotopic (exact) mass is 256 g/mol. The van der Waals surface area contributed by atoms with Crippen molar-refractivity contribution in [2.45, 2.75) is 27.0 Å². The van der Waals surface area contributed by atoms with Crippen molar-refractivity contribution < 1.29 is 9.53 Å². The largest absolute Gasteiger partial charge is 0.435 e. The van der Waals surface area contributed by atoms with Crippen molar-refractivity contribution >= 4 is 17.4 Å². The Morgan fingerprint density at radius 2 is 1.84 bits per heavy atom. The number of benzene rings is 1. The van der Waals surface area contributed by atoms with Gasteiger partial charge in [0.05, 0.1) is 11.6 Å². The predicted octanol–water partition coefficient (Wildman–Crippen LogP) is 2.64. The highest BCUT2D eigenvalue weighted by molar-refractivity contribution is 5.95. The molecule has 1 aromatic rings. The molecule has 2 unspecified atom stereocenters. The minimum atomic E-state index is -0.347. The Morgan fingerprint density at radius 3 is 2.53 bits per heavy atom. The Kier molecular flexibility index (Phi) is 2.66. The van der Waals surface area contributed by atoms with E-state index in [-0.39, 0.29) is 18.1 Å². The quantitative estimate of drug-likeness (QED) is 0.725. The van der Waals surface area contributed by atoms with E-state index in [9.17, 15) is 4.79 Å². The van der Waals surface area contributed by atoms with Crippen LogP contribution in [0.4, 0.5) is 5.69 Å². The molecule has 4 nitrogen and oxygen atoms in total. The minimum Gasteiger partial charge on any atom is -0.435 e. The fourth-order valence-electron chi connectivity index (χ4n) is 2.64. The van der Waals surface area contributed by atoms with E-state index in [0.29, 0.717) is 0 Å². The van der Waals surface area contributed by atoms with Gasteiger partial charge in [0.1, 0.15) is 0 Å². The van der Waals surface area contributed by atoms with Crippen LogP contribution >= 0.6 is 0 Å². The van der Waals surface area contributed by atoms with Crippen LogP contribution in [-0.4, -0.2) is 17.9 Å². The Balaban J connectivity index is 1.99. The van der Waals surface area contributed by atoms with Gasteiger partial charge in [0.15, 0.2) is 0 Å². The van der Waals surface area contributed by atoms with Gasteiger partial charge in [-0.05, 0) is 32.9 Å². The van der Waals surface area contributed by atoms with Crippen LogP contribution in [-0.2, 0) is 9.53 Å². The second kappa shape index (κ2) is 4.23. The highest BCUT2D eigenvalue weighted by Crippen LogP contribution is 2.35. The first-order valence-electron chi connectivity index (χ1n) is 6.36. The molecule has 19 heavy (non-hydrogen) atoms. The fourth-order valence-corrected chi connectivity index (χ4v) is 2.64. The number of carbonyl (C=O) groups excluding carboxylic acids is 1. The summed E-state index contributed by atoms with van der Waals surface area (Å²) in [4.78, 5) is 11.6. The van der Waals surface area contributed by atoms with E-state index in [0.717, 1.165) is 17.0 Å². The Labute approximate surface area is 112 Å². The summed E-state index contributed by atoms with van der Waals surface area (Å²) in [5.41, 5.74) is 4.13. The first-order valence-corrected chi connectivity index (χ1v) is 6.36. The summed E-state index contributed by atoms with van der Waals surface area (Å²) >= 11 is 0. The summed E-state index contributed by atoms with van der Waals surface area (Å²) in [6, 6.07) is 8.05. The maximum absolute atomic E-state index is 11.6. The van der Waals surface area contributed by atoms with Crippen molar-refractivity contribution in [2.75, 3.05) is 5.01 Å². The first kappa shape index (κ1) is 12.0. The maximum Gasteiger partial charge on any atom is 0.332 e. The number of anilines is 1. The smallest absolute Gasteiger partial charge is 0.332 e. The molecule has 0 aromatic heterocycles. The average molecular weight is 256 g/mol. The van der Waals surface area contributed by atoms with Gasteiger partial charge < -0.3 is 4.74 Å². The van der Waals surface area contributed by atoms with E-state index in [1.165, 1.54) is 5.56 Å². The highest BCUT2D eigenvalue weighted by Gasteiger charge is 2.42. The molecule has 2 heterocycles. The lowest BCUT2D eigenvalue weighted by Gasteiger charge is -2.30. The molecule has 0 N–H and O–H groups in total. The molecule has 98 valence electrons. The Morgan fingerprint density at radius 1 is 1.16 bits per heavy atom.